The third-order valence-electron chi connectivity index (χ3n) is 2.75. The number of hydrogen-bond acceptors (Lipinski definition) is 3. The lowest BCUT2D eigenvalue weighted by Gasteiger charge is -2.08. The van der Waals surface area contributed by atoms with E-state index in [0.29, 0.717) is 17.2 Å². The highest BCUT2D eigenvalue weighted by Crippen LogP contribution is 2.25. The fraction of sp³-hybridized carbons (Fsp3) is 0.250. The van der Waals surface area contributed by atoms with Gasteiger partial charge in [0.2, 0.25) is 0 Å². The van der Waals surface area contributed by atoms with E-state index in [1.165, 1.54) is 0 Å². The molecule has 2 N–H and O–H groups in total. The van der Waals surface area contributed by atoms with Gasteiger partial charge in [0.1, 0.15) is 5.82 Å². The van der Waals surface area contributed by atoms with Crippen LogP contribution in [-0.4, -0.2) is 17.4 Å². The summed E-state index contributed by atoms with van der Waals surface area (Å²) in [5.74, 6) is 0.366. The van der Waals surface area contributed by atoms with Crippen LogP contribution in [-0.2, 0) is 10.2 Å². The summed E-state index contributed by atoms with van der Waals surface area (Å²) in [5.41, 5.74) is 3.06. The van der Waals surface area contributed by atoms with Crippen LogP contribution >= 0.6 is 0 Å². The first-order valence-electron chi connectivity index (χ1n) is 5.47. The van der Waals surface area contributed by atoms with Crippen LogP contribution < -0.4 is 5.14 Å². The van der Waals surface area contributed by atoms with E-state index in [-0.39, 0.29) is 0 Å². The molecule has 0 unspecified atom stereocenters. The Morgan fingerprint density at radius 3 is 2.17 bits per heavy atom. The maximum atomic E-state index is 11.6. The molecule has 96 valence electrons. The predicted octanol–water partition coefficient (Wildman–Crippen LogP) is 1.53. The van der Waals surface area contributed by atoms with Gasteiger partial charge in [-0.1, -0.05) is 29.8 Å². The molecular weight excluding hydrogens is 250 g/mol. The summed E-state index contributed by atoms with van der Waals surface area (Å²) >= 11 is 0. The first-order valence-corrected chi connectivity index (χ1v) is 6.97. The monoisotopic (exact) mass is 265 g/mol. The molecule has 6 heteroatoms. The van der Waals surface area contributed by atoms with E-state index in [1.807, 2.05) is 31.2 Å². The molecule has 0 saturated carbocycles. The van der Waals surface area contributed by atoms with Crippen molar-refractivity contribution in [2.75, 3.05) is 0 Å². The molecule has 2 rings (SSSR count). The predicted molar refractivity (Wildman–Crippen MR) is 70.4 cm³/mol. The zero-order chi connectivity index (χ0) is 13.5. The van der Waals surface area contributed by atoms with Gasteiger partial charge in [-0.2, -0.15) is 8.42 Å². The Morgan fingerprint density at radius 1 is 1.11 bits per heavy atom. The summed E-state index contributed by atoms with van der Waals surface area (Å²) in [4.78, 5) is 4.18. The largest absolute Gasteiger partial charge is 0.304 e. The number of nitrogens with zero attached hydrogens (tertiary/aromatic N) is 2. The lowest BCUT2D eigenvalue weighted by molar-refractivity contribution is 0.588. The van der Waals surface area contributed by atoms with Crippen LogP contribution in [0.4, 0.5) is 0 Å². The molecule has 0 amide bonds. The maximum Gasteiger partial charge on any atom is 0.304 e. The van der Waals surface area contributed by atoms with Crippen LogP contribution in [0, 0.1) is 20.8 Å². The van der Waals surface area contributed by atoms with Gasteiger partial charge in [-0.05, 0) is 20.8 Å². The lowest BCUT2D eigenvalue weighted by atomic mass is 10.1. The van der Waals surface area contributed by atoms with Crippen LogP contribution in [0.15, 0.2) is 24.3 Å². The first kappa shape index (κ1) is 12.8. The molecule has 0 radical (unpaired) electrons. The van der Waals surface area contributed by atoms with E-state index >= 15 is 0 Å². The van der Waals surface area contributed by atoms with Gasteiger partial charge in [-0.25, -0.2) is 14.1 Å². The molecule has 0 bridgehead atoms. The van der Waals surface area contributed by atoms with Crippen LogP contribution in [0.25, 0.3) is 11.3 Å². The molecule has 1 heterocycles. The normalized spacial score (nSPS) is 11.8. The highest BCUT2D eigenvalue weighted by Gasteiger charge is 2.20. The van der Waals surface area contributed by atoms with Crippen molar-refractivity contribution in [2.45, 2.75) is 20.8 Å². The number of rotatable bonds is 2. The van der Waals surface area contributed by atoms with Crippen LogP contribution in [0.2, 0.25) is 0 Å². The quantitative estimate of drug-likeness (QED) is 0.894. The van der Waals surface area contributed by atoms with E-state index in [1.54, 1.807) is 13.8 Å². The molecule has 0 spiro atoms. The third kappa shape index (κ3) is 2.16. The topological polar surface area (TPSA) is 78.0 Å². The summed E-state index contributed by atoms with van der Waals surface area (Å²) in [6.07, 6.45) is 0. The average Bonchev–Trinajstić information content (AvgIpc) is 2.54. The molecule has 0 aliphatic rings. The summed E-state index contributed by atoms with van der Waals surface area (Å²) in [6.45, 7) is 5.36. The van der Waals surface area contributed by atoms with Gasteiger partial charge in [-0.3, -0.25) is 0 Å². The Labute approximate surface area is 106 Å². The molecule has 1 aromatic carbocycles. The summed E-state index contributed by atoms with van der Waals surface area (Å²) < 4.78 is 24.3. The van der Waals surface area contributed by atoms with Crippen molar-refractivity contribution in [3.8, 4) is 11.3 Å². The number of aromatic nitrogens is 2. The third-order valence-corrected chi connectivity index (χ3v) is 3.70. The summed E-state index contributed by atoms with van der Waals surface area (Å²) in [7, 11) is -3.85. The van der Waals surface area contributed by atoms with Crippen LogP contribution in [0.5, 0.6) is 0 Å². The van der Waals surface area contributed by atoms with Gasteiger partial charge in [0.05, 0.1) is 11.4 Å². The Bertz CT molecular complexity index is 685. The molecule has 1 aromatic heterocycles. The van der Waals surface area contributed by atoms with Gasteiger partial charge >= 0.3 is 10.2 Å². The van der Waals surface area contributed by atoms with Crippen molar-refractivity contribution < 1.29 is 8.42 Å². The van der Waals surface area contributed by atoms with E-state index < -0.39 is 10.2 Å². The van der Waals surface area contributed by atoms with Gasteiger partial charge in [0.15, 0.2) is 0 Å². The molecule has 0 atom stereocenters. The molecule has 0 saturated heterocycles. The maximum absolute atomic E-state index is 11.6. The Morgan fingerprint density at radius 2 is 1.67 bits per heavy atom. The van der Waals surface area contributed by atoms with Crippen LogP contribution in [0.3, 0.4) is 0 Å². The number of aryl methyl sites for hydroxylation is 3. The van der Waals surface area contributed by atoms with Crippen molar-refractivity contribution >= 4 is 10.2 Å². The second-order valence-corrected chi connectivity index (χ2v) is 5.66. The summed E-state index contributed by atoms with van der Waals surface area (Å²) in [6, 6.07) is 7.57. The second-order valence-electron chi connectivity index (χ2n) is 4.27. The van der Waals surface area contributed by atoms with E-state index in [2.05, 4.69) is 4.98 Å². The van der Waals surface area contributed by atoms with Crippen molar-refractivity contribution in [2.24, 2.45) is 5.14 Å². The molecule has 5 nitrogen and oxygen atoms in total. The zero-order valence-corrected chi connectivity index (χ0v) is 11.3. The number of benzene rings is 1. The Balaban J connectivity index is 2.75. The SMILES string of the molecule is Cc1ccc(-c2c(C)nc(C)n2S(N)(=O)=O)cc1. The van der Waals surface area contributed by atoms with Crippen molar-refractivity contribution in [3.63, 3.8) is 0 Å². The second kappa shape index (κ2) is 4.22. The first-order chi connectivity index (χ1) is 8.30. The minimum Gasteiger partial charge on any atom is -0.237 e. The van der Waals surface area contributed by atoms with Crippen molar-refractivity contribution in [3.05, 3.63) is 41.3 Å². The van der Waals surface area contributed by atoms with E-state index in [0.717, 1.165) is 15.1 Å². The van der Waals surface area contributed by atoms with Crippen LogP contribution in [0.1, 0.15) is 17.1 Å². The number of hydrogen-bond donors (Lipinski definition) is 1. The molecule has 2 aromatic rings. The number of nitrogens with two attached hydrogens (primary N) is 1. The molecule has 0 aliphatic heterocycles. The molecule has 18 heavy (non-hydrogen) atoms. The van der Waals surface area contributed by atoms with Crippen molar-refractivity contribution in [1.82, 2.24) is 8.96 Å². The Kier molecular flexibility index (Phi) is 3.00. The van der Waals surface area contributed by atoms with E-state index in [9.17, 15) is 8.42 Å². The van der Waals surface area contributed by atoms with Gasteiger partial charge in [-0.15, -0.1) is 0 Å². The molecular formula is C12H15N3O2S. The fourth-order valence-electron chi connectivity index (χ4n) is 2.00. The van der Waals surface area contributed by atoms with Gasteiger partial charge in [0.25, 0.3) is 0 Å². The molecule has 0 fully saturated rings. The van der Waals surface area contributed by atoms with Gasteiger partial charge in [0, 0.05) is 5.56 Å². The lowest BCUT2D eigenvalue weighted by Crippen LogP contribution is -2.23. The highest BCUT2D eigenvalue weighted by molar-refractivity contribution is 7.87. The summed E-state index contributed by atoms with van der Waals surface area (Å²) in [5, 5.41) is 5.23. The van der Waals surface area contributed by atoms with Crippen molar-refractivity contribution in [1.29, 1.82) is 0 Å². The smallest absolute Gasteiger partial charge is 0.237 e. The average molecular weight is 265 g/mol. The molecule has 0 aliphatic carbocycles. The zero-order valence-electron chi connectivity index (χ0n) is 10.5. The Hall–Kier alpha value is -1.66. The van der Waals surface area contributed by atoms with Gasteiger partial charge < -0.3 is 0 Å². The van der Waals surface area contributed by atoms with E-state index in [4.69, 9.17) is 5.14 Å². The highest BCUT2D eigenvalue weighted by atomic mass is 32.2. The fourth-order valence-corrected chi connectivity index (χ4v) is 2.90. The minimum atomic E-state index is -3.85. The number of imidazole rings is 1. The standard InChI is InChI=1S/C12H15N3O2S/c1-8-4-6-11(7-5-8)12-9(2)14-10(3)15(12)18(13,16)17/h4-7H,1-3H3,(H2,13,16,17). The minimum absolute atomic E-state index is 0.366.